The molecule has 140 valence electrons. The van der Waals surface area contributed by atoms with Crippen molar-refractivity contribution in [2.45, 2.75) is 19.3 Å². The summed E-state index contributed by atoms with van der Waals surface area (Å²) in [7, 11) is 0. The summed E-state index contributed by atoms with van der Waals surface area (Å²) < 4.78 is 0. The quantitative estimate of drug-likeness (QED) is 0.476. The third-order valence-corrected chi connectivity index (χ3v) is 5.21. The molecule has 4 rings (SSSR count). The summed E-state index contributed by atoms with van der Waals surface area (Å²) in [4.78, 5) is 27.3. The van der Waals surface area contributed by atoms with E-state index in [2.05, 4.69) is 0 Å². The van der Waals surface area contributed by atoms with Crippen molar-refractivity contribution >= 4 is 45.8 Å². The molecular weight excluding hydrogens is 380 g/mol. The van der Waals surface area contributed by atoms with Crippen molar-refractivity contribution in [3.8, 4) is 0 Å². The third-order valence-electron chi connectivity index (χ3n) is 4.89. The highest BCUT2D eigenvalue weighted by molar-refractivity contribution is 6.32. The predicted molar refractivity (Wildman–Crippen MR) is 108 cm³/mol. The van der Waals surface area contributed by atoms with Gasteiger partial charge < -0.3 is 5.11 Å². The Hall–Kier alpha value is -3.25. The number of carbonyl (C=O) groups is 1. The largest absolute Gasteiger partial charge is 0.478 e. The van der Waals surface area contributed by atoms with Crippen LogP contribution in [0.1, 0.15) is 40.0 Å². The number of halogens is 1. The number of pyridine rings is 1. The first-order valence-electron chi connectivity index (χ1n) is 8.75. The fourth-order valence-corrected chi connectivity index (χ4v) is 3.87. The molecule has 0 saturated carbocycles. The summed E-state index contributed by atoms with van der Waals surface area (Å²) in [6, 6.07) is 11.8. The second-order valence-electron chi connectivity index (χ2n) is 6.63. The summed E-state index contributed by atoms with van der Waals surface area (Å²) in [6.07, 6.45) is 3.96. The Labute approximate surface area is 165 Å². The number of aromatic carboxylic acids is 1. The van der Waals surface area contributed by atoms with Crippen LogP contribution < -0.4 is 0 Å². The van der Waals surface area contributed by atoms with E-state index < -0.39 is 10.9 Å². The molecule has 0 radical (unpaired) electrons. The summed E-state index contributed by atoms with van der Waals surface area (Å²) in [6.45, 7) is 0. The average molecular weight is 395 g/mol. The number of hydrogen-bond acceptors (Lipinski definition) is 4. The number of rotatable bonds is 3. The van der Waals surface area contributed by atoms with Gasteiger partial charge in [0.25, 0.3) is 5.69 Å². The van der Waals surface area contributed by atoms with Gasteiger partial charge in [0.15, 0.2) is 0 Å². The SMILES string of the molecule is O=C(O)c1c2c(nc3ccccc13)/C(=C/c1ccc(Cl)c([N+](=O)[O-])c1)CCC2. The number of allylic oxidation sites excluding steroid dienone is 1. The molecule has 0 saturated heterocycles. The van der Waals surface area contributed by atoms with Gasteiger partial charge in [-0.2, -0.15) is 0 Å². The minimum absolute atomic E-state index is 0.0773. The van der Waals surface area contributed by atoms with Crippen LogP contribution in [0.2, 0.25) is 5.02 Å². The van der Waals surface area contributed by atoms with Gasteiger partial charge in [-0.25, -0.2) is 9.78 Å². The molecule has 6 nitrogen and oxygen atoms in total. The molecule has 1 aromatic heterocycles. The van der Waals surface area contributed by atoms with Crippen LogP contribution in [0.3, 0.4) is 0 Å². The first-order chi connectivity index (χ1) is 13.5. The predicted octanol–water partition coefficient (Wildman–Crippen LogP) is 5.37. The van der Waals surface area contributed by atoms with E-state index in [1.807, 2.05) is 12.1 Å². The van der Waals surface area contributed by atoms with E-state index in [0.29, 0.717) is 40.6 Å². The maximum absolute atomic E-state index is 12.0. The van der Waals surface area contributed by atoms with Crippen molar-refractivity contribution in [2.75, 3.05) is 0 Å². The molecule has 1 aliphatic carbocycles. The smallest absolute Gasteiger partial charge is 0.336 e. The van der Waals surface area contributed by atoms with Gasteiger partial charge in [0, 0.05) is 11.5 Å². The maximum Gasteiger partial charge on any atom is 0.336 e. The zero-order chi connectivity index (χ0) is 19.8. The van der Waals surface area contributed by atoms with Crippen molar-refractivity contribution in [1.29, 1.82) is 0 Å². The Morgan fingerprint density at radius 1 is 1.21 bits per heavy atom. The number of fused-ring (bicyclic) bond motifs is 2. The Morgan fingerprint density at radius 3 is 2.75 bits per heavy atom. The van der Waals surface area contributed by atoms with Crippen LogP contribution in [0.5, 0.6) is 0 Å². The molecule has 0 bridgehead atoms. The van der Waals surface area contributed by atoms with E-state index >= 15 is 0 Å². The van der Waals surface area contributed by atoms with Crippen molar-refractivity contribution in [1.82, 2.24) is 4.98 Å². The van der Waals surface area contributed by atoms with Gasteiger partial charge in [-0.1, -0.05) is 35.9 Å². The molecule has 0 fully saturated rings. The van der Waals surface area contributed by atoms with Gasteiger partial charge in [-0.05, 0) is 54.2 Å². The van der Waals surface area contributed by atoms with E-state index in [-0.39, 0.29) is 16.3 Å². The number of benzene rings is 2. The summed E-state index contributed by atoms with van der Waals surface area (Å²) >= 11 is 5.90. The van der Waals surface area contributed by atoms with Crippen LogP contribution in [-0.2, 0) is 6.42 Å². The zero-order valence-corrected chi connectivity index (χ0v) is 15.4. The van der Waals surface area contributed by atoms with Gasteiger partial charge >= 0.3 is 5.97 Å². The minimum Gasteiger partial charge on any atom is -0.478 e. The Bertz CT molecular complexity index is 1170. The molecule has 7 heteroatoms. The number of nitro benzene ring substituents is 1. The van der Waals surface area contributed by atoms with E-state index in [4.69, 9.17) is 16.6 Å². The van der Waals surface area contributed by atoms with Crippen molar-refractivity contribution in [3.05, 3.63) is 80.0 Å². The number of para-hydroxylation sites is 1. The summed E-state index contributed by atoms with van der Waals surface area (Å²) in [5.41, 5.74) is 3.61. The lowest BCUT2D eigenvalue weighted by Gasteiger charge is -2.21. The molecule has 1 aliphatic rings. The van der Waals surface area contributed by atoms with Crippen LogP contribution in [0.15, 0.2) is 42.5 Å². The first kappa shape index (κ1) is 18.1. The number of hydrogen-bond donors (Lipinski definition) is 1. The van der Waals surface area contributed by atoms with Crippen LogP contribution in [0, 0.1) is 10.1 Å². The zero-order valence-electron chi connectivity index (χ0n) is 14.7. The van der Waals surface area contributed by atoms with E-state index in [1.54, 1.807) is 24.3 Å². The summed E-state index contributed by atoms with van der Waals surface area (Å²) in [5.74, 6) is -0.974. The highest BCUT2D eigenvalue weighted by Gasteiger charge is 2.25. The molecule has 0 aliphatic heterocycles. The van der Waals surface area contributed by atoms with Crippen molar-refractivity contribution in [3.63, 3.8) is 0 Å². The van der Waals surface area contributed by atoms with Gasteiger partial charge in [-0.15, -0.1) is 0 Å². The van der Waals surface area contributed by atoms with Crippen LogP contribution in [0.4, 0.5) is 5.69 Å². The van der Waals surface area contributed by atoms with Gasteiger partial charge in [-0.3, -0.25) is 10.1 Å². The van der Waals surface area contributed by atoms with Crippen molar-refractivity contribution < 1.29 is 14.8 Å². The third kappa shape index (κ3) is 3.12. The monoisotopic (exact) mass is 394 g/mol. The average Bonchev–Trinajstić information content (AvgIpc) is 2.67. The van der Waals surface area contributed by atoms with E-state index in [1.165, 1.54) is 12.1 Å². The molecule has 3 aromatic rings. The molecule has 0 amide bonds. The fourth-order valence-electron chi connectivity index (χ4n) is 3.68. The fraction of sp³-hybridized carbons (Fsp3) is 0.143. The Morgan fingerprint density at radius 2 is 2.00 bits per heavy atom. The number of carboxylic acids is 1. The normalized spacial score (nSPS) is 14.8. The van der Waals surface area contributed by atoms with E-state index in [9.17, 15) is 20.0 Å². The molecule has 28 heavy (non-hydrogen) atoms. The minimum atomic E-state index is -0.974. The second kappa shape index (κ2) is 7.05. The lowest BCUT2D eigenvalue weighted by molar-refractivity contribution is -0.384. The molecule has 0 spiro atoms. The molecular formula is C21H15ClN2O4. The lowest BCUT2D eigenvalue weighted by atomic mass is 9.86. The highest BCUT2D eigenvalue weighted by atomic mass is 35.5. The van der Waals surface area contributed by atoms with Crippen LogP contribution in [0.25, 0.3) is 22.6 Å². The van der Waals surface area contributed by atoms with Crippen LogP contribution >= 0.6 is 11.6 Å². The number of aromatic nitrogens is 1. The number of nitro groups is 1. The molecule has 0 atom stereocenters. The van der Waals surface area contributed by atoms with Gasteiger partial charge in [0.05, 0.1) is 21.7 Å². The number of nitrogens with zero attached hydrogens (tertiary/aromatic N) is 2. The van der Waals surface area contributed by atoms with Crippen molar-refractivity contribution in [2.24, 2.45) is 0 Å². The van der Waals surface area contributed by atoms with Crippen LogP contribution in [-0.4, -0.2) is 21.0 Å². The first-order valence-corrected chi connectivity index (χ1v) is 9.13. The standard InChI is InChI=1S/C21H15ClN2O4/c22-16-9-8-12(11-18(16)24(27)28)10-13-4-3-6-15-19(21(25)26)14-5-1-2-7-17(14)23-20(13)15/h1-2,5,7-11H,3-4,6H2,(H,25,26)/b13-10+. The van der Waals surface area contributed by atoms with E-state index in [0.717, 1.165) is 12.0 Å². The van der Waals surface area contributed by atoms with Gasteiger partial charge in [0.2, 0.25) is 0 Å². The Balaban J connectivity index is 1.92. The lowest BCUT2D eigenvalue weighted by Crippen LogP contribution is -2.13. The molecule has 1 N–H and O–H groups in total. The molecule has 2 aromatic carbocycles. The second-order valence-corrected chi connectivity index (χ2v) is 7.03. The number of carboxylic acid groups (broad SMARTS) is 1. The topological polar surface area (TPSA) is 93.3 Å². The highest BCUT2D eigenvalue weighted by Crippen LogP contribution is 2.36. The van der Waals surface area contributed by atoms with Gasteiger partial charge in [0.1, 0.15) is 5.02 Å². The Kier molecular flexibility index (Phi) is 4.57. The maximum atomic E-state index is 12.0. The summed E-state index contributed by atoms with van der Waals surface area (Å²) in [5, 5.41) is 21.7. The molecule has 1 heterocycles. The molecule has 0 unspecified atom stereocenters.